The Bertz CT molecular complexity index is 448. The van der Waals surface area contributed by atoms with Crippen molar-refractivity contribution in [2.24, 2.45) is 11.7 Å². The van der Waals surface area contributed by atoms with Crippen molar-refractivity contribution in [3.8, 4) is 0 Å². The zero-order valence-corrected chi connectivity index (χ0v) is 12.4. The average Bonchev–Trinajstić information content (AvgIpc) is 2.82. The minimum Gasteiger partial charge on any atom is -0.320 e. The van der Waals surface area contributed by atoms with Gasteiger partial charge < -0.3 is 5.73 Å². The molecule has 18 heavy (non-hydrogen) atoms. The van der Waals surface area contributed by atoms with E-state index in [4.69, 9.17) is 5.73 Å². The second kappa shape index (κ2) is 6.93. The largest absolute Gasteiger partial charge is 0.320 e. The van der Waals surface area contributed by atoms with Crippen LogP contribution >= 0.6 is 23.7 Å². The van der Waals surface area contributed by atoms with Crippen LogP contribution in [0, 0.1) is 5.92 Å². The fraction of sp³-hybridized carbons (Fsp3) is 0.333. The van der Waals surface area contributed by atoms with Crippen molar-refractivity contribution in [3.05, 3.63) is 57.8 Å². The van der Waals surface area contributed by atoms with Crippen LogP contribution < -0.4 is 5.73 Å². The van der Waals surface area contributed by atoms with E-state index in [1.165, 1.54) is 16.0 Å². The fourth-order valence-corrected chi connectivity index (χ4v) is 2.72. The molecule has 98 valence electrons. The summed E-state index contributed by atoms with van der Waals surface area (Å²) in [5.74, 6) is 0.701. The smallest absolute Gasteiger partial charge is 0.0645 e. The Morgan fingerprint density at radius 2 is 1.78 bits per heavy atom. The van der Waals surface area contributed by atoms with E-state index in [0.717, 1.165) is 6.42 Å². The summed E-state index contributed by atoms with van der Waals surface area (Å²) in [7, 11) is 0. The maximum absolute atomic E-state index is 6.22. The Morgan fingerprint density at radius 3 is 2.28 bits per heavy atom. The number of benzene rings is 1. The SMILES string of the molecule is CC(C)Cc1ccc(C(N)c2cccs2)cc1.Cl. The molecule has 0 saturated heterocycles. The highest BCUT2D eigenvalue weighted by atomic mass is 35.5. The van der Waals surface area contributed by atoms with Crippen molar-refractivity contribution in [2.75, 3.05) is 0 Å². The molecule has 0 aliphatic rings. The van der Waals surface area contributed by atoms with E-state index >= 15 is 0 Å². The van der Waals surface area contributed by atoms with Gasteiger partial charge in [0.05, 0.1) is 6.04 Å². The van der Waals surface area contributed by atoms with E-state index in [0.29, 0.717) is 5.92 Å². The number of rotatable bonds is 4. The van der Waals surface area contributed by atoms with Crippen molar-refractivity contribution in [3.63, 3.8) is 0 Å². The van der Waals surface area contributed by atoms with Gasteiger partial charge in [-0.1, -0.05) is 44.2 Å². The molecule has 0 aliphatic heterocycles. The molecule has 0 spiro atoms. The van der Waals surface area contributed by atoms with E-state index in [-0.39, 0.29) is 18.4 Å². The van der Waals surface area contributed by atoms with Gasteiger partial charge in [-0.3, -0.25) is 0 Å². The van der Waals surface area contributed by atoms with E-state index in [9.17, 15) is 0 Å². The lowest BCUT2D eigenvalue weighted by Crippen LogP contribution is -2.10. The molecule has 0 saturated carbocycles. The summed E-state index contributed by atoms with van der Waals surface area (Å²) < 4.78 is 0. The first-order chi connectivity index (χ1) is 8.16. The normalized spacial score (nSPS) is 12.2. The number of thiophene rings is 1. The third-order valence-corrected chi connectivity index (χ3v) is 3.79. The standard InChI is InChI=1S/C15H19NS.ClH/c1-11(2)10-12-5-7-13(8-6-12)15(16)14-4-3-9-17-14;/h3-9,11,15H,10,16H2,1-2H3;1H. The first kappa shape index (κ1) is 15.2. The third kappa shape index (κ3) is 3.84. The van der Waals surface area contributed by atoms with Crippen LogP contribution in [0.5, 0.6) is 0 Å². The third-order valence-electron chi connectivity index (χ3n) is 2.83. The zero-order chi connectivity index (χ0) is 12.3. The van der Waals surface area contributed by atoms with E-state index < -0.39 is 0 Å². The minimum atomic E-state index is 0. The zero-order valence-electron chi connectivity index (χ0n) is 10.8. The molecule has 1 atom stereocenters. The Kier molecular flexibility index (Phi) is 5.86. The van der Waals surface area contributed by atoms with Crippen LogP contribution in [0.4, 0.5) is 0 Å². The maximum Gasteiger partial charge on any atom is 0.0645 e. The molecule has 0 radical (unpaired) electrons. The minimum absolute atomic E-state index is 0. The fourth-order valence-electron chi connectivity index (χ4n) is 1.96. The van der Waals surface area contributed by atoms with E-state index in [1.807, 2.05) is 6.07 Å². The molecule has 2 N–H and O–H groups in total. The van der Waals surface area contributed by atoms with Crippen LogP contribution in [0.3, 0.4) is 0 Å². The summed E-state index contributed by atoms with van der Waals surface area (Å²) >= 11 is 1.72. The van der Waals surface area contributed by atoms with Crippen molar-refractivity contribution in [1.82, 2.24) is 0 Å². The average molecular weight is 282 g/mol. The summed E-state index contributed by atoms with van der Waals surface area (Å²) in [5.41, 5.74) is 8.81. The molecule has 1 unspecified atom stereocenters. The molecule has 1 nitrogen and oxygen atoms in total. The van der Waals surface area contributed by atoms with Gasteiger partial charge in [-0.25, -0.2) is 0 Å². The number of nitrogens with two attached hydrogens (primary N) is 1. The van der Waals surface area contributed by atoms with Crippen LogP contribution in [0.1, 0.15) is 35.9 Å². The molecule has 2 aromatic rings. The van der Waals surface area contributed by atoms with E-state index in [1.54, 1.807) is 11.3 Å². The number of hydrogen-bond acceptors (Lipinski definition) is 2. The molecule has 0 bridgehead atoms. The molecule has 1 aromatic heterocycles. The topological polar surface area (TPSA) is 26.0 Å². The Hall–Kier alpha value is -0.830. The lowest BCUT2D eigenvalue weighted by Gasteiger charge is -2.11. The molecule has 1 aromatic carbocycles. The molecule has 2 rings (SSSR count). The first-order valence-corrected chi connectivity index (χ1v) is 6.92. The van der Waals surface area contributed by atoms with Crippen molar-refractivity contribution >= 4 is 23.7 Å². The number of hydrogen-bond donors (Lipinski definition) is 1. The number of halogens is 1. The van der Waals surface area contributed by atoms with Crippen LogP contribution in [-0.2, 0) is 6.42 Å². The Balaban J connectivity index is 0.00000162. The Morgan fingerprint density at radius 1 is 1.11 bits per heavy atom. The molecule has 1 heterocycles. The lowest BCUT2D eigenvalue weighted by molar-refractivity contribution is 0.647. The quantitative estimate of drug-likeness (QED) is 0.882. The van der Waals surface area contributed by atoms with Crippen LogP contribution in [-0.4, -0.2) is 0 Å². The molecular formula is C15H20ClNS. The van der Waals surface area contributed by atoms with Gasteiger partial charge in [0, 0.05) is 4.88 Å². The lowest BCUT2D eigenvalue weighted by atomic mass is 9.99. The summed E-state index contributed by atoms with van der Waals surface area (Å²) in [6, 6.07) is 12.9. The van der Waals surface area contributed by atoms with Crippen LogP contribution in [0.25, 0.3) is 0 Å². The monoisotopic (exact) mass is 281 g/mol. The highest BCUT2D eigenvalue weighted by Gasteiger charge is 2.09. The van der Waals surface area contributed by atoms with E-state index in [2.05, 4.69) is 49.6 Å². The second-order valence-electron chi connectivity index (χ2n) is 4.83. The highest BCUT2D eigenvalue weighted by molar-refractivity contribution is 7.10. The summed E-state index contributed by atoms with van der Waals surface area (Å²) in [4.78, 5) is 1.22. The van der Waals surface area contributed by atoms with Gasteiger partial charge in [0.15, 0.2) is 0 Å². The van der Waals surface area contributed by atoms with Gasteiger partial charge in [0.2, 0.25) is 0 Å². The predicted octanol–water partition coefficient (Wildman–Crippen LogP) is 4.42. The molecule has 3 heteroatoms. The summed E-state index contributed by atoms with van der Waals surface area (Å²) in [5, 5.41) is 2.07. The highest BCUT2D eigenvalue weighted by Crippen LogP contribution is 2.24. The van der Waals surface area contributed by atoms with Crippen molar-refractivity contribution in [2.45, 2.75) is 26.3 Å². The van der Waals surface area contributed by atoms with Crippen molar-refractivity contribution < 1.29 is 0 Å². The van der Waals surface area contributed by atoms with Gasteiger partial charge >= 0.3 is 0 Å². The summed E-state index contributed by atoms with van der Waals surface area (Å²) in [6.07, 6.45) is 1.13. The van der Waals surface area contributed by atoms with Gasteiger partial charge in [0.1, 0.15) is 0 Å². The van der Waals surface area contributed by atoms with Gasteiger partial charge in [-0.05, 0) is 34.9 Å². The van der Waals surface area contributed by atoms with Crippen molar-refractivity contribution in [1.29, 1.82) is 0 Å². The van der Waals surface area contributed by atoms with Gasteiger partial charge in [0.25, 0.3) is 0 Å². The molecular weight excluding hydrogens is 262 g/mol. The first-order valence-electron chi connectivity index (χ1n) is 6.04. The van der Waals surface area contributed by atoms with Crippen LogP contribution in [0.2, 0.25) is 0 Å². The maximum atomic E-state index is 6.22. The Labute approximate surface area is 119 Å². The molecule has 0 amide bonds. The summed E-state index contributed by atoms with van der Waals surface area (Å²) in [6.45, 7) is 4.48. The second-order valence-corrected chi connectivity index (χ2v) is 5.81. The molecule has 0 aliphatic carbocycles. The predicted molar refractivity (Wildman–Crippen MR) is 82.6 cm³/mol. The van der Waals surface area contributed by atoms with Gasteiger partial charge in [-0.2, -0.15) is 0 Å². The molecule has 0 fully saturated rings. The van der Waals surface area contributed by atoms with Crippen LogP contribution in [0.15, 0.2) is 41.8 Å². The van der Waals surface area contributed by atoms with Gasteiger partial charge in [-0.15, -0.1) is 23.7 Å².